The molecule has 2 aromatic carbocycles. The summed E-state index contributed by atoms with van der Waals surface area (Å²) >= 11 is 4.78. The molecule has 1 aliphatic rings. The average molecular weight is 526 g/mol. The molecule has 0 bridgehead atoms. The van der Waals surface area contributed by atoms with Gasteiger partial charge in [0, 0.05) is 30.0 Å². The van der Waals surface area contributed by atoms with E-state index < -0.39 is 12.0 Å². The normalized spacial score (nSPS) is 15.8. The lowest BCUT2D eigenvalue weighted by atomic mass is 9.96. The summed E-state index contributed by atoms with van der Waals surface area (Å²) in [7, 11) is 3.95. The smallest absolute Gasteiger partial charge is 0.338 e. The Balaban J connectivity index is 1.91. The van der Waals surface area contributed by atoms with E-state index in [0.717, 1.165) is 21.3 Å². The Morgan fingerprint density at radius 1 is 1.24 bits per heavy atom. The molecule has 33 heavy (non-hydrogen) atoms. The third-order valence-corrected chi connectivity index (χ3v) is 6.89. The van der Waals surface area contributed by atoms with Gasteiger partial charge >= 0.3 is 5.97 Å². The fraction of sp³-hybridized carbons (Fsp3) is 0.240. The number of hydrogen-bond donors (Lipinski definition) is 0. The molecule has 3 aromatic rings. The first kappa shape index (κ1) is 23.2. The molecule has 8 heteroatoms. The monoisotopic (exact) mass is 525 g/mol. The fourth-order valence-corrected chi connectivity index (χ4v) is 5.22. The number of ether oxygens (including phenoxy) is 1. The van der Waals surface area contributed by atoms with E-state index in [1.54, 1.807) is 13.8 Å². The molecule has 6 nitrogen and oxygen atoms in total. The Labute approximate surface area is 204 Å². The second-order valence-corrected chi connectivity index (χ2v) is 9.75. The van der Waals surface area contributed by atoms with Gasteiger partial charge in [-0.1, -0.05) is 51.5 Å². The molecule has 0 radical (unpaired) electrons. The number of benzene rings is 2. The van der Waals surface area contributed by atoms with Crippen molar-refractivity contribution in [1.82, 2.24) is 4.57 Å². The van der Waals surface area contributed by atoms with Gasteiger partial charge < -0.3 is 9.64 Å². The molecule has 4 rings (SSSR count). The number of carbonyl (C=O) groups excluding carboxylic acids is 1. The van der Waals surface area contributed by atoms with Gasteiger partial charge in [0.15, 0.2) is 4.80 Å². The molecule has 0 saturated carbocycles. The number of esters is 1. The summed E-state index contributed by atoms with van der Waals surface area (Å²) in [6.07, 6.45) is 1.84. The molecular formula is C25H24BrN3O3S. The zero-order valence-electron chi connectivity index (χ0n) is 18.8. The van der Waals surface area contributed by atoms with Crippen molar-refractivity contribution >= 4 is 50.7 Å². The first-order valence-electron chi connectivity index (χ1n) is 10.5. The number of halogens is 1. The molecule has 0 N–H and O–H groups in total. The van der Waals surface area contributed by atoms with Crippen LogP contribution in [0.2, 0.25) is 0 Å². The van der Waals surface area contributed by atoms with Gasteiger partial charge in [-0.15, -0.1) is 0 Å². The van der Waals surface area contributed by atoms with Crippen LogP contribution in [0.15, 0.2) is 68.4 Å². The maximum absolute atomic E-state index is 13.3. The Morgan fingerprint density at radius 2 is 1.97 bits per heavy atom. The maximum Gasteiger partial charge on any atom is 0.338 e. The summed E-state index contributed by atoms with van der Waals surface area (Å²) in [5.41, 5.74) is 3.56. The number of carbonyl (C=O) groups is 1. The molecule has 0 spiro atoms. The molecule has 2 heterocycles. The zero-order valence-corrected chi connectivity index (χ0v) is 21.2. The van der Waals surface area contributed by atoms with E-state index in [2.05, 4.69) is 15.9 Å². The van der Waals surface area contributed by atoms with E-state index in [0.29, 0.717) is 20.6 Å². The van der Waals surface area contributed by atoms with Crippen molar-refractivity contribution in [2.75, 3.05) is 25.6 Å². The van der Waals surface area contributed by atoms with E-state index in [9.17, 15) is 9.59 Å². The first-order chi connectivity index (χ1) is 15.8. The summed E-state index contributed by atoms with van der Waals surface area (Å²) in [5, 5.41) is 0. The highest BCUT2D eigenvalue weighted by Crippen LogP contribution is 2.33. The molecule has 0 fully saturated rings. The van der Waals surface area contributed by atoms with Gasteiger partial charge in [0.2, 0.25) is 0 Å². The van der Waals surface area contributed by atoms with E-state index in [1.807, 2.05) is 73.6 Å². The van der Waals surface area contributed by atoms with Crippen LogP contribution < -0.4 is 19.8 Å². The predicted molar refractivity (Wildman–Crippen MR) is 136 cm³/mol. The van der Waals surface area contributed by atoms with Gasteiger partial charge in [-0.2, -0.15) is 0 Å². The maximum atomic E-state index is 13.3. The predicted octanol–water partition coefficient (Wildman–Crippen LogP) is 3.74. The highest BCUT2D eigenvalue weighted by Gasteiger charge is 2.31. The standard InChI is InChI=1S/C25H24BrN3O3S/c1-5-32-24(31)21-15(2)29-23(30)20(14-16-7-6-8-18(26)13-16)33-25(29)27-22(21)17-9-11-19(12-10-17)28(3)4/h6-14,22H,5H2,1-4H3/b20-14-/t22-/m1/s1. The Morgan fingerprint density at radius 3 is 2.61 bits per heavy atom. The topological polar surface area (TPSA) is 63.9 Å². The number of thiazole rings is 1. The van der Waals surface area contributed by atoms with Crippen LogP contribution in [0.5, 0.6) is 0 Å². The number of rotatable bonds is 5. The molecule has 0 saturated heterocycles. The lowest BCUT2D eigenvalue weighted by Crippen LogP contribution is -2.35. The van der Waals surface area contributed by atoms with Crippen LogP contribution in [-0.2, 0) is 9.53 Å². The van der Waals surface area contributed by atoms with Gasteiger partial charge in [0.05, 0.1) is 16.7 Å². The largest absolute Gasteiger partial charge is 0.463 e. The molecule has 0 aliphatic carbocycles. The van der Waals surface area contributed by atoms with Gasteiger partial charge in [-0.3, -0.25) is 9.36 Å². The second-order valence-electron chi connectivity index (χ2n) is 7.83. The molecule has 1 aromatic heterocycles. The van der Waals surface area contributed by atoms with Crippen molar-refractivity contribution in [2.24, 2.45) is 4.99 Å². The number of allylic oxidation sites excluding steroid dienone is 1. The SMILES string of the molecule is CCOC(=O)C1=C(C)n2c(s/c(=C\c3cccc(Br)c3)c2=O)=N[C@@H]1c1ccc(N(C)C)cc1. The summed E-state index contributed by atoms with van der Waals surface area (Å²) in [6.45, 7) is 3.79. The van der Waals surface area contributed by atoms with Crippen molar-refractivity contribution in [1.29, 1.82) is 0 Å². The average Bonchev–Trinajstić information content (AvgIpc) is 3.09. The van der Waals surface area contributed by atoms with E-state index in [1.165, 1.54) is 15.9 Å². The van der Waals surface area contributed by atoms with Crippen LogP contribution in [0.1, 0.15) is 31.0 Å². The van der Waals surface area contributed by atoms with Crippen LogP contribution >= 0.6 is 27.3 Å². The van der Waals surface area contributed by atoms with E-state index in [4.69, 9.17) is 9.73 Å². The van der Waals surface area contributed by atoms with Gasteiger partial charge in [0.25, 0.3) is 5.56 Å². The van der Waals surface area contributed by atoms with Crippen molar-refractivity contribution in [2.45, 2.75) is 19.9 Å². The highest BCUT2D eigenvalue weighted by atomic mass is 79.9. The van der Waals surface area contributed by atoms with Gasteiger partial charge in [0.1, 0.15) is 6.04 Å². The minimum Gasteiger partial charge on any atom is -0.463 e. The van der Waals surface area contributed by atoms with Crippen molar-refractivity contribution in [3.8, 4) is 0 Å². The van der Waals surface area contributed by atoms with Gasteiger partial charge in [-0.25, -0.2) is 9.79 Å². The van der Waals surface area contributed by atoms with Gasteiger partial charge in [-0.05, 0) is 55.3 Å². The van der Waals surface area contributed by atoms with Crippen LogP contribution in [0.3, 0.4) is 0 Å². The molecular weight excluding hydrogens is 502 g/mol. The van der Waals surface area contributed by atoms with Crippen LogP contribution in [0, 0.1) is 0 Å². The highest BCUT2D eigenvalue weighted by molar-refractivity contribution is 9.10. The first-order valence-corrected chi connectivity index (χ1v) is 12.1. The lowest BCUT2D eigenvalue weighted by Gasteiger charge is -2.23. The summed E-state index contributed by atoms with van der Waals surface area (Å²) in [6, 6.07) is 15.1. The third kappa shape index (κ3) is 4.58. The summed E-state index contributed by atoms with van der Waals surface area (Å²) < 4.78 is 8.35. The molecule has 0 amide bonds. The molecule has 0 unspecified atom stereocenters. The van der Waals surface area contributed by atoms with Crippen molar-refractivity contribution < 1.29 is 9.53 Å². The van der Waals surface area contributed by atoms with E-state index in [-0.39, 0.29) is 12.2 Å². The van der Waals surface area contributed by atoms with Crippen LogP contribution in [-0.4, -0.2) is 31.2 Å². The summed E-state index contributed by atoms with van der Waals surface area (Å²) in [5.74, 6) is -0.457. The quantitative estimate of drug-likeness (QED) is 0.476. The molecule has 1 atom stereocenters. The fourth-order valence-electron chi connectivity index (χ4n) is 3.76. The number of nitrogens with zero attached hydrogens (tertiary/aromatic N) is 3. The second kappa shape index (κ2) is 9.49. The lowest BCUT2D eigenvalue weighted by molar-refractivity contribution is -0.138. The number of anilines is 1. The Kier molecular flexibility index (Phi) is 6.67. The number of aromatic nitrogens is 1. The van der Waals surface area contributed by atoms with Crippen LogP contribution in [0.25, 0.3) is 11.8 Å². The zero-order chi connectivity index (χ0) is 23.7. The number of fused-ring (bicyclic) bond motifs is 1. The Hall–Kier alpha value is -2.97. The Bertz CT molecular complexity index is 1420. The minimum absolute atomic E-state index is 0.195. The van der Waals surface area contributed by atoms with Crippen molar-refractivity contribution in [3.05, 3.63) is 89.4 Å². The molecule has 1 aliphatic heterocycles. The van der Waals surface area contributed by atoms with Crippen molar-refractivity contribution in [3.63, 3.8) is 0 Å². The number of hydrogen-bond acceptors (Lipinski definition) is 6. The van der Waals surface area contributed by atoms with E-state index >= 15 is 0 Å². The molecule has 170 valence electrons. The van der Waals surface area contributed by atoms with Crippen LogP contribution in [0.4, 0.5) is 5.69 Å². The third-order valence-electron chi connectivity index (χ3n) is 5.41. The summed E-state index contributed by atoms with van der Waals surface area (Å²) in [4.78, 5) is 33.7. The minimum atomic E-state index is -0.544.